The molecular formula is C28H32N6O4. The van der Waals surface area contributed by atoms with Gasteiger partial charge in [0.05, 0.1) is 19.6 Å². The average Bonchev–Trinajstić information content (AvgIpc) is 3.41. The second-order valence-corrected chi connectivity index (χ2v) is 9.47. The summed E-state index contributed by atoms with van der Waals surface area (Å²) in [6.45, 7) is 3.97. The quantitative estimate of drug-likeness (QED) is 0.338. The maximum absolute atomic E-state index is 13.4. The Labute approximate surface area is 220 Å². The molecule has 0 aliphatic carbocycles. The van der Waals surface area contributed by atoms with Crippen LogP contribution in [-0.4, -0.2) is 62.9 Å². The Hall–Kier alpha value is -4.05. The lowest BCUT2D eigenvalue weighted by Crippen LogP contribution is -2.42. The summed E-state index contributed by atoms with van der Waals surface area (Å²) in [5, 5.41) is 13.5. The van der Waals surface area contributed by atoms with Gasteiger partial charge in [0.15, 0.2) is 5.82 Å². The third-order valence-corrected chi connectivity index (χ3v) is 7.15. The van der Waals surface area contributed by atoms with E-state index >= 15 is 0 Å². The molecule has 4 aromatic rings. The van der Waals surface area contributed by atoms with Crippen molar-refractivity contribution in [3.63, 3.8) is 0 Å². The minimum atomic E-state index is -0.483. The molecule has 1 N–H and O–H groups in total. The van der Waals surface area contributed by atoms with Gasteiger partial charge in [-0.25, -0.2) is 4.68 Å². The number of nitrogens with zero attached hydrogens (tertiary/aromatic N) is 5. The summed E-state index contributed by atoms with van der Waals surface area (Å²) in [4.78, 5) is 31.0. The number of carbonyl (C=O) groups excluding carboxylic acids is 1. The molecule has 0 unspecified atom stereocenters. The summed E-state index contributed by atoms with van der Waals surface area (Å²) >= 11 is 0. The number of hydrogen-bond acceptors (Lipinski definition) is 8. The van der Waals surface area contributed by atoms with Crippen molar-refractivity contribution >= 4 is 16.9 Å². The number of nitrogens with one attached hydrogen (secondary N) is 1. The fraction of sp³-hybridized carbons (Fsp3) is 0.393. The predicted octanol–water partition coefficient (Wildman–Crippen LogP) is 3.13. The Morgan fingerprint density at radius 3 is 2.66 bits per heavy atom. The monoisotopic (exact) mass is 516 g/mol. The first-order chi connectivity index (χ1) is 18.6. The summed E-state index contributed by atoms with van der Waals surface area (Å²) in [6, 6.07) is 17.1. The predicted molar refractivity (Wildman–Crippen MR) is 142 cm³/mol. The number of aromatic nitrogens is 5. The topological polar surface area (TPSA) is 115 Å². The van der Waals surface area contributed by atoms with Crippen LogP contribution in [0.4, 0.5) is 0 Å². The first-order valence-electron chi connectivity index (χ1n) is 13.0. The number of aryl methyl sites for hydroxylation is 2. The zero-order chi connectivity index (χ0) is 26.5. The van der Waals surface area contributed by atoms with E-state index in [9.17, 15) is 9.59 Å². The fourth-order valence-corrected chi connectivity index (χ4v) is 5.13. The standard InChI is InChI=1S/C28H32N6O4/c1-3-38-28(36)20-12-14-33(15-13-20)25(23-18-21-17-22(37-2)9-10-24(21)29-27(23)35)26-30-31-32-34(26)16-11-19-7-5-4-6-8-19/h4-10,17-18,20,25H,3,11-16H2,1-2H3,(H,29,35)/t25-/m0/s1. The van der Waals surface area contributed by atoms with Crippen molar-refractivity contribution < 1.29 is 14.3 Å². The number of tetrazole rings is 1. The number of hydrogen-bond donors (Lipinski definition) is 1. The zero-order valence-corrected chi connectivity index (χ0v) is 21.7. The van der Waals surface area contributed by atoms with E-state index in [1.165, 1.54) is 5.56 Å². The molecule has 1 aliphatic heterocycles. The number of piperidine rings is 1. The minimum Gasteiger partial charge on any atom is -0.497 e. The number of fused-ring (bicyclic) bond motifs is 1. The second-order valence-electron chi connectivity index (χ2n) is 9.47. The van der Waals surface area contributed by atoms with Gasteiger partial charge in [0.25, 0.3) is 5.56 Å². The van der Waals surface area contributed by atoms with Crippen molar-refractivity contribution in [2.45, 2.75) is 38.8 Å². The molecule has 1 aliphatic rings. The van der Waals surface area contributed by atoms with Crippen LogP contribution in [0.5, 0.6) is 5.75 Å². The molecule has 5 rings (SSSR count). The Balaban J connectivity index is 1.51. The highest BCUT2D eigenvalue weighted by atomic mass is 16.5. The molecule has 0 bridgehead atoms. The Bertz CT molecular complexity index is 1440. The fourth-order valence-electron chi connectivity index (χ4n) is 5.13. The first-order valence-corrected chi connectivity index (χ1v) is 13.0. The Kier molecular flexibility index (Phi) is 7.78. The number of benzene rings is 2. The number of likely N-dealkylation sites (tertiary alicyclic amines) is 1. The molecule has 3 heterocycles. The van der Waals surface area contributed by atoms with Crippen LogP contribution in [0.3, 0.4) is 0 Å². The third-order valence-electron chi connectivity index (χ3n) is 7.15. The van der Waals surface area contributed by atoms with Crippen LogP contribution in [0.2, 0.25) is 0 Å². The maximum Gasteiger partial charge on any atom is 0.309 e. The van der Waals surface area contributed by atoms with Gasteiger partial charge in [0, 0.05) is 36.1 Å². The molecule has 2 aromatic heterocycles. The number of aromatic amines is 1. The molecule has 1 saturated heterocycles. The van der Waals surface area contributed by atoms with E-state index < -0.39 is 6.04 Å². The van der Waals surface area contributed by atoms with Crippen LogP contribution < -0.4 is 10.3 Å². The SMILES string of the molecule is CCOC(=O)C1CCN([C@@H](c2cc3cc(OC)ccc3[nH]c2=O)c2nnnn2CCc2ccccc2)CC1. The van der Waals surface area contributed by atoms with Gasteiger partial charge in [-0.1, -0.05) is 30.3 Å². The van der Waals surface area contributed by atoms with Crippen molar-refractivity contribution in [3.8, 4) is 5.75 Å². The number of pyridine rings is 1. The molecule has 2 aromatic carbocycles. The van der Waals surface area contributed by atoms with Gasteiger partial charge < -0.3 is 14.5 Å². The van der Waals surface area contributed by atoms with Crippen LogP contribution in [-0.2, 0) is 22.5 Å². The van der Waals surface area contributed by atoms with E-state index in [4.69, 9.17) is 9.47 Å². The van der Waals surface area contributed by atoms with Crippen molar-refractivity contribution in [1.82, 2.24) is 30.1 Å². The summed E-state index contributed by atoms with van der Waals surface area (Å²) < 4.78 is 12.4. The van der Waals surface area contributed by atoms with E-state index in [2.05, 4.69) is 37.5 Å². The van der Waals surface area contributed by atoms with Gasteiger partial charge in [0.1, 0.15) is 11.8 Å². The summed E-state index contributed by atoms with van der Waals surface area (Å²) in [7, 11) is 1.62. The van der Waals surface area contributed by atoms with E-state index in [0.29, 0.717) is 56.2 Å². The molecule has 0 amide bonds. The molecule has 1 atom stereocenters. The lowest BCUT2D eigenvalue weighted by atomic mass is 9.94. The van der Waals surface area contributed by atoms with Gasteiger partial charge in [-0.05, 0) is 66.4 Å². The van der Waals surface area contributed by atoms with Gasteiger partial charge in [0.2, 0.25) is 0 Å². The van der Waals surface area contributed by atoms with Crippen LogP contribution in [0.15, 0.2) is 59.4 Å². The Morgan fingerprint density at radius 2 is 1.92 bits per heavy atom. The summed E-state index contributed by atoms with van der Waals surface area (Å²) in [5.41, 5.74) is 2.26. The molecule has 0 spiro atoms. The van der Waals surface area contributed by atoms with E-state index in [1.807, 2.05) is 49.4 Å². The van der Waals surface area contributed by atoms with Gasteiger partial charge in [-0.2, -0.15) is 0 Å². The van der Waals surface area contributed by atoms with E-state index in [0.717, 1.165) is 17.3 Å². The maximum atomic E-state index is 13.4. The molecule has 1 fully saturated rings. The van der Waals surface area contributed by atoms with Crippen molar-refractivity contribution in [1.29, 1.82) is 0 Å². The smallest absolute Gasteiger partial charge is 0.309 e. The molecule has 10 nitrogen and oxygen atoms in total. The van der Waals surface area contributed by atoms with Crippen LogP contribution in [0, 0.1) is 5.92 Å². The van der Waals surface area contributed by atoms with Gasteiger partial charge >= 0.3 is 5.97 Å². The van der Waals surface area contributed by atoms with E-state index in [-0.39, 0.29) is 17.4 Å². The van der Waals surface area contributed by atoms with Crippen molar-refractivity contribution in [2.24, 2.45) is 5.92 Å². The summed E-state index contributed by atoms with van der Waals surface area (Å²) in [6.07, 6.45) is 2.03. The largest absolute Gasteiger partial charge is 0.497 e. The second kappa shape index (κ2) is 11.6. The lowest BCUT2D eigenvalue weighted by molar-refractivity contribution is -0.149. The Morgan fingerprint density at radius 1 is 1.13 bits per heavy atom. The molecule has 38 heavy (non-hydrogen) atoms. The number of ether oxygens (including phenoxy) is 2. The van der Waals surface area contributed by atoms with Crippen molar-refractivity contribution in [3.05, 3.63) is 81.9 Å². The average molecular weight is 517 g/mol. The normalized spacial score (nSPS) is 15.4. The number of methoxy groups -OCH3 is 1. The zero-order valence-electron chi connectivity index (χ0n) is 21.7. The molecule has 10 heteroatoms. The minimum absolute atomic E-state index is 0.153. The van der Waals surface area contributed by atoms with Crippen LogP contribution in [0.25, 0.3) is 10.9 Å². The third kappa shape index (κ3) is 5.45. The lowest BCUT2D eigenvalue weighted by Gasteiger charge is -2.36. The van der Waals surface area contributed by atoms with Gasteiger partial charge in [-0.3, -0.25) is 14.5 Å². The molecule has 198 valence electrons. The summed E-state index contributed by atoms with van der Waals surface area (Å²) in [5.74, 6) is 0.991. The number of esters is 1. The first kappa shape index (κ1) is 25.6. The highest BCUT2D eigenvalue weighted by Crippen LogP contribution is 2.32. The van der Waals surface area contributed by atoms with Crippen molar-refractivity contribution in [2.75, 3.05) is 26.8 Å². The molecule has 0 saturated carbocycles. The molecule has 0 radical (unpaired) electrons. The van der Waals surface area contributed by atoms with Gasteiger partial charge in [-0.15, -0.1) is 5.10 Å². The van der Waals surface area contributed by atoms with Crippen LogP contribution >= 0.6 is 0 Å². The van der Waals surface area contributed by atoms with E-state index in [1.54, 1.807) is 11.8 Å². The van der Waals surface area contributed by atoms with Crippen LogP contribution in [0.1, 0.15) is 42.8 Å². The number of H-pyrrole nitrogens is 1. The highest BCUT2D eigenvalue weighted by Gasteiger charge is 2.35. The molecular weight excluding hydrogens is 484 g/mol. The number of rotatable bonds is 9. The number of carbonyl (C=O) groups is 1. The highest BCUT2D eigenvalue weighted by molar-refractivity contribution is 5.80.